The summed E-state index contributed by atoms with van der Waals surface area (Å²) in [5, 5.41) is 4.94. The van der Waals surface area contributed by atoms with Crippen LogP contribution < -0.4 is 11.1 Å². The summed E-state index contributed by atoms with van der Waals surface area (Å²) in [6.07, 6.45) is 3.51. The first-order valence-corrected chi connectivity index (χ1v) is 7.79. The van der Waals surface area contributed by atoms with E-state index in [2.05, 4.69) is 10.3 Å². The van der Waals surface area contributed by atoms with Crippen LogP contribution in [0, 0.1) is 0 Å². The van der Waals surface area contributed by atoms with E-state index in [9.17, 15) is 4.79 Å². The maximum Gasteiger partial charge on any atom is 0.253 e. The molecule has 0 radical (unpaired) electrons. The van der Waals surface area contributed by atoms with Gasteiger partial charge >= 0.3 is 0 Å². The molecular weight excluding hydrogens is 296 g/mol. The average Bonchev–Trinajstić information content (AvgIpc) is 3.24. The second kappa shape index (κ2) is 6.55. The van der Waals surface area contributed by atoms with E-state index in [1.807, 2.05) is 46.5 Å². The zero-order valence-electron chi connectivity index (χ0n) is 11.9. The molecule has 3 rings (SSSR count). The van der Waals surface area contributed by atoms with Crippen LogP contribution in [0.25, 0.3) is 5.69 Å². The van der Waals surface area contributed by atoms with Gasteiger partial charge in [-0.1, -0.05) is 18.2 Å². The SMILES string of the molecule is NCc1cn(-c2ccccc2C(=O)NCc2cccs2)cn1. The number of carbonyl (C=O) groups excluding carboxylic acids is 1. The highest BCUT2D eigenvalue weighted by Crippen LogP contribution is 2.16. The molecule has 2 aromatic heterocycles. The van der Waals surface area contributed by atoms with E-state index in [1.54, 1.807) is 23.7 Å². The summed E-state index contributed by atoms with van der Waals surface area (Å²) in [7, 11) is 0. The normalized spacial score (nSPS) is 10.6. The fraction of sp³-hybridized carbons (Fsp3) is 0.125. The summed E-state index contributed by atoms with van der Waals surface area (Å²) in [6, 6.07) is 11.4. The monoisotopic (exact) mass is 312 g/mol. The van der Waals surface area contributed by atoms with Gasteiger partial charge in [0.15, 0.2) is 0 Å². The third-order valence-corrected chi connectivity index (χ3v) is 4.15. The number of benzene rings is 1. The molecule has 0 aliphatic rings. The van der Waals surface area contributed by atoms with E-state index in [0.29, 0.717) is 18.7 Å². The molecule has 0 fully saturated rings. The van der Waals surface area contributed by atoms with Crippen molar-refractivity contribution in [3.63, 3.8) is 0 Å². The van der Waals surface area contributed by atoms with Gasteiger partial charge in [-0.3, -0.25) is 4.79 Å². The molecule has 0 aliphatic heterocycles. The van der Waals surface area contributed by atoms with Crippen LogP contribution >= 0.6 is 11.3 Å². The van der Waals surface area contributed by atoms with Crippen molar-refractivity contribution in [2.45, 2.75) is 13.1 Å². The molecular formula is C16H16N4OS. The van der Waals surface area contributed by atoms with Crippen LogP contribution in [-0.4, -0.2) is 15.5 Å². The molecule has 6 heteroatoms. The molecule has 0 aliphatic carbocycles. The number of thiophene rings is 1. The van der Waals surface area contributed by atoms with Gasteiger partial charge in [0, 0.05) is 17.6 Å². The van der Waals surface area contributed by atoms with Crippen molar-refractivity contribution in [1.29, 1.82) is 0 Å². The second-order valence-corrected chi connectivity index (χ2v) is 5.79. The lowest BCUT2D eigenvalue weighted by Gasteiger charge is -2.10. The number of para-hydroxylation sites is 1. The first-order valence-electron chi connectivity index (χ1n) is 6.91. The molecule has 0 saturated heterocycles. The van der Waals surface area contributed by atoms with Gasteiger partial charge in [0.25, 0.3) is 5.91 Å². The van der Waals surface area contributed by atoms with Gasteiger partial charge in [0.05, 0.1) is 29.8 Å². The topological polar surface area (TPSA) is 72.9 Å². The van der Waals surface area contributed by atoms with Crippen molar-refractivity contribution in [1.82, 2.24) is 14.9 Å². The quantitative estimate of drug-likeness (QED) is 0.759. The van der Waals surface area contributed by atoms with E-state index in [0.717, 1.165) is 16.3 Å². The predicted molar refractivity (Wildman–Crippen MR) is 86.9 cm³/mol. The van der Waals surface area contributed by atoms with E-state index in [1.165, 1.54) is 0 Å². The van der Waals surface area contributed by atoms with Crippen molar-refractivity contribution in [3.05, 3.63) is 70.4 Å². The summed E-state index contributed by atoms with van der Waals surface area (Å²) >= 11 is 1.62. The molecule has 112 valence electrons. The minimum Gasteiger partial charge on any atom is -0.347 e. The van der Waals surface area contributed by atoms with Gasteiger partial charge < -0.3 is 15.6 Å². The van der Waals surface area contributed by atoms with Crippen LogP contribution in [0.2, 0.25) is 0 Å². The van der Waals surface area contributed by atoms with E-state index in [-0.39, 0.29) is 5.91 Å². The molecule has 1 amide bonds. The molecule has 5 nitrogen and oxygen atoms in total. The lowest BCUT2D eigenvalue weighted by Crippen LogP contribution is -2.23. The highest BCUT2D eigenvalue weighted by Gasteiger charge is 2.12. The number of imidazole rings is 1. The molecule has 0 unspecified atom stereocenters. The zero-order valence-corrected chi connectivity index (χ0v) is 12.7. The molecule has 2 heterocycles. The number of rotatable bonds is 5. The molecule has 1 aromatic carbocycles. The Morgan fingerprint density at radius 3 is 2.86 bits per heavy atom. The predicted octanol–water partition coefficient (Wildman–Crippen LogP) is 2.32. The summed E-state index contributed by atoms with van der Waals surface area (Å²) < 4.78 is 1.82. The Bertz CT molecular complexity index is 764. The van der Waals surface area contributed by atoms with Gasteiger partial charge in [0.1, 0.15) is 0 Å². The number of nitrogens with two attached hydrogens (primary N) is 1. The fourth-order valence-corrected chi connectivity index (χ4v) is 2.81. The highest BCUT2D eigenvalue weighted by atomic mass is 32.1. The fourth-order valence-electron chi connectivity index (χ4n) is 2.17. The second-order valence-electron chi connectivity index (χ2n) is 4.76. The van der Waals surface area contributed by atoms with Crippen molar-refractivity contribution in [3.8, 4) is 5.69 Å². The Morgan fingerprint density at radius 2 is 2.14 bits per heavy atom. The molecule has 0 saturated carbocycles. The van der Waals surface area contributed by atoms with Crippen molar-refractivity contribution < 1.29 is 4.79 Å². The zero-order chi connectivity index (χ0) is 15.4. The van der Waals surface area contributed by atoms with Crippen LogP contribution in [0.5, 0.6) is 0 Å². The smallest absolute Gasteiger partial charge is 0.253 e. The van der Waals surface area contributed by atoms with Gasteiger partial charge in [-0.25, -0.2) is 4.98 Å². The summed E-state index contributed by atoms with van der Waals surface area (Å²) in [4.78, 5) is 17.8. The first kappa shape index (κ1) is 14.5. The standard InChI is InChI=1S/C16H16N4OS/c17-8-12-10-20(11-19-12)15-6-2-1-5-14(15)16(21)18-9-13-4-3-7-22-13/h1-7,10-11H,8-9,17H2,(H,18,21). The largest absolute Gasteiger partial charge is 0.347 e. The van der Waals surface area contributed by atoms with Gasteiger partial charge in [-0.05, 0) is 23.6 Å². The number of hydrogen-bond acceptors (Lipinski definition) is 4. The van der Waals surface area contributed by atoms with Crippen LogP contribution in [-0.2, 0) is 13.1 Å². The number of aromatic nitrogens is 2. The Morgan fingerprint density at radius 1 is 1.27 bits per heavy atom. The minimum absolute atomic E-state index is 0.105. The number of amides is 1. The van der Waals surface area contributed by atoms with Crippen molar-refractivity contribution in [2.24, 2.45) is 5.73 Å². The van der Waals surface area contributed by atoms with Gasteiger partial charge in [0.2, 0.25) is 0 Å². The Labute approximate surface area is 132 Å². The summed E-state index contributed by atoms with van der Waals surface area (Å²) in [5.74, 6) is -0.105. The number of nitrogens with zero attached hydrogens (tertiary/aromatic N) is 2. The number of nitrogens with one attached hydrogen (secondary N) is 1. The van der Waals surface area contributed by atoms with Crippen LogP contribution in [0.4, 0.5) is 0 Å². The molecule has 0 bridgehead atoms. The third-order valence-electron chi connectivity index (χ3n) is 3.28. The first-order chi connectivity index (χ1) is 10.8. The van der Waals surface area contributed by atoms with Crippen molar-refractivity contribution >= 4 is 17.2 Å². The van der Waals surface area contributed by atoms with Crippen LogP contribution in [0.3, 0.4) is 0 Å². The average molecular weight is 312 g/mol. The molecule has 3 N–H and O–H groups in total. The minimum atomic E-state index is -0.105. The Kier molecular flexibility index (Phi) is 4.32. The van der Waals surface area contributed by atoms with Crippen LogP contribution in [0.1, 0.15) is 20.9 Å². The lowest BCUT2D eigenvalue weighted by molar-refractivity contribution is 0.0951. The highest BCUT2D eigenvalue weighted by molar-refractivity contribution is 7.09. The molecule has 22 heavy (non-hydrogen) atoms. The van der Waals surface area contributed by atoms with E-state index >= 15 is 0 Å². The van der Waals surface area contributed by atoms with E-state index in [4.69, 9.17) is 5.73 Å². The van der Waals surface area contributed by atoms with E-state index < -0.39 is 0 Å². The molecule has 3 aromatic rings. The van der Waals surface area contributed by atoms with Gasteiger partial charge in [-0.15, -0.1) is 11.3 Å². The Balaban J connectivity index is 1.82. The maximum atomic E-state index is 12.4. The summed E-state index contributed by atoms with van der Waals surface area (Å²) in [5.41, 5.74) is 7.77. The van der Waals surface area contributed by atoms with Gasteiger partial charge in [-0.2, -0.15) is 0 Å². The molecule has 0 spiro atoms. The number of carbonyl (C=O) groups is 1. The maximum absolute atomic E-state index is 12.4. The number of hydrogen-bond donors (Lipinski definition) is 2. The molecule has 0 atom stereocenters. The van der Waals surface area contributed by atoms with Crippen molar-refractivity contribution in [2.75, 3.05) is 0 Å². The van der Waals surface area contributed by atoms with Crippen LogP contribution in [0.15, 0.2) is 54.3 Å². The third kappa shape index (κ3) is 3.08. The Hall–Kier alpha value is -2.44. The summed E-state index contributed by atoms with van der Waals surface area (Å²) in [6.45, 7) is 0.905. The lowest BCUT2D eigenvalue weighted by atomic mass is 10.1.